The van der Waals surface area contributed by atoms with Crippen molar-refractivity contribution in [1.82, 2.24) is 4.90 Å². The van der Waals surface area contributed by atoms with Gasteiger partial charge in [0.25, 0.3) is 0 Å². The van der Waals surface area contributed by atoms with Crippen LogP contribution >= 0.6 is 0 Å². The van der Waals surface area contributed by atoms with Gasteiger partial charge in [-0.2, -0.15) is 0 Å². The van der Waals surface area contributed by atoms with E-state index in [1.54, 1.807) is 24.3 Å². The molecule has 2 unspecified atom stereocenters. The van der Waals surface area contributed by atoms with E-state index >= 15 is 0 Å². The maximum Gasteiger partial charge on any atom is 0.233 e. The molecule has 2 aliphatic rings. The number of imide groups is 1. The van der Waals surface area contributed by atoms with Crippen LogP contribution in [-0.2, 0) is 14.4 Å². The summed E-state index contributed by atoms with van der Waals surface area (Å²) >= 11 is 0. The molecule has 0 spiro atoms. The summed E-state index contributed by atoms with van der Waals surface area (Å²) in [6.45, 7) is 2.16. The first-order chi connectivity index (χ1) is 14.5. The van der Waals surface area contributed by atoms with Crippen LogP contribution < -0.4 is 10.1 Å². The van der Waals surface area contributed by atoms with Crippen LogP contribution in [0.2, 0.25) is 0 Å². The molecular formula is C24H26N2O4. The first kappa shape index (κ1) is 20.1. The van der Waals surface area contributed by atoms with Gasteiger partial charge in [0.1, 0.15) is 11.5 Å². The molecular weight excluding hydrogens is 380 g/mol. The molecule has 1 aliphatic heterocycles. The number of benzene rings is 2. The molecule has 3 amide bonds. The lowest BCUT2D eigenvalue weighted by atomic mass is 9.81. The Kier molecular flexibility index (Phi) is 5.84. The fraction of sp³-hybridized carbons (Fsp3) is 0.375. The average molecular weight is 406 g/mol. The van der Waals surface area contributed by atoms with E-state index in [1.165, 1.54) is 4.90 Å². The van der Waals surface area contributed by atoms with Gasteiger partial charge < -0.3 is 10.1 Å². The second-order valence-corrected chi connectivity index (χ2v) is 8.06. The Hall–Kier alpha value is -3.15. The summed E-state index contributed by atoms with van der Waals surface area (Å²) in [5, 5.41) is 2.81. The standard InChI is InChI=1S/C24H26N2O4/c1-16-6-10-18(11-7-16)30-19-12-8-17(9-13-19)25-22(27)14-15-26-23(28)20-4-2-3-5-21(20)24(26)29/h6-13,20-21H,2-5,14-15H2,1H3,(H,25,27). The van der Waals surface area contributed by atoms with Crippen LogP contribution in [0.25, 0.3) is 0 Å². The van der Waals surface area contributed by atoms with Gasteiger partial charge in [-0.15, -0.1) is 0 Å². The number of aryl methyl sites for hydroxylation is 1. The zero-order valence-electron chi connectivity index (χ0n) is 17.1. The van der Waals surface area contributed by atoms with Gasteiger partial charge in [0, 0.05) is 18.7 Å². The number of ether oxygens (including phenoxy) is 1. The van der Waals surface area contributed by atoms with Crippen molar-refractivity contribution < 1.29 is 19.1 Å². The van der Waals surface area contributed by atoms with E-state index in [2.05, 4.69) is 5.32 Å². The Labute approximate surface area is 176 Å². The minimum Gasteiger partial charge on any atom is -0.457 e. The molecule has 4 rings (SSSR count). The van der Waals surface area contributed by atoms with Crippen LogP contribution in [0.15, 0.2) is 48.5 Å². The largest absolute Gasteiger partial charge is 0.457 e. The molecule has 2 aromatic rings. The van der Waals surface area contributed by atoms with E-state index in [-0.39, 0.29) is 42.5 Å². The number of amides is 3. The van der Waals surface area contributed by atoms with Gasteiger partial charge in [-0.25, -0.2) is 0 Å². The van der Waals surface area contributed by atoms with Crippen LogP contribution in [0.5, 0.6) is 11.5 Å². The monoisotopic (exact) mass is 406 g/mol. The maximum atomic E-state index is 12.5. The molecule has 1 heterocycles. The summed E-state index contributed by atoms with van der Waals surface area (Å²) in [5.74, 6) is 0.652. The van der Waals surface area contributed by atoms with E-state index < -0.39 is 0 Å². The number of nitrogens with one attached hydrogen (secondary N) is 1. The van der Waals surface area contributed by atoms with Crippen LogP contribution in [0.3, 0.4) is 0 Å². The Morgan fingerprint density at radius 3 is 2.03 bits per heavy atom. The molecule has 0 aromatic heterocycles. The molecule has 0 radical (unpaired) electrons. The van der Waals surface area contributed by atoms with Gasteiger partial charge in [-0.3, -0.25) is 19.3 Å². The van der Waals surface area contributed by atoms with Crippen molar-refractivity contribution in [2.24, 2.45) is 11.8 Å². The third-order valence-electron chi connectivity index (χ3n) is 5.89. The number of carbonyl (C=O) groups excluding carboxylic acids is 3. The normalized spacial score (nSPS) is 20.8. The highest BCUT2D eigenvalue weighted by molar-refractivity contribution is 6.05. The number of fused-ring (bicyclic) bond motifs is 1. The number of likely N-dealkylation sites (tertiary alicyclic amines) is 1. The fourth-order valence-electron chi connectivity index (χ4n) is 4.24. The highest BCUT2D eigenvalue weighted by Gasteiger charge is 2.47. The Bertz CT molecular complexity index is 913. The van der Waals surface area contributed by atoms with Crippen LogP contribution in [0.1, 0.15) is 37.7 Å². The highest BCUT2D eigenvalue weighted by atomic mass is 16.5. The van der Waals surface area contributed by atoms with E-state index in [0.717, 1.165) is 37.0 Å². The molecule has 1 N–H and O–H groups in total. The second-order valence-electron chi connectivity index (χ2n) is 8.06. The van der Waals surface area contributed by atoms with Gasteiger partial charge >= 0.3 is 0 Å². The first-order valence-corrected chi connectivity index (χ1v) is 10.5. The molecule has 0 bridgehead atoms. The van der Waals surface area contributed by atoms with E-state index in [9.17, 15) is 14.4 Å². The summed E-state index contributed by atoms with van der Waals surface area (Å²) in [6, 6.07) is 14.9. The van der Waals surface area contributed by atoms with Crippen molar-refractivity contribution in [3.8, 4) is 11.5 Å². The summed E-state index contributed by atoms with van der Waals surface area (Å²) < 4.78 is 5.78. The number of anilines is 1. The van der Waals surface area contributed by atoms with Crippen LogP contribution in [-0.4, -0.2) is 29.2 Å². The number of nitrogens with zero attached hydrogens (tertiary/aromatic N) is 1. The lowest BCUT2D eigenvalue weighted by Crippen LogP contribution is -2.34. The number of carbonyl (C=O) groups is 3. The zero-order valence-corrected chi connectivity index (χ0v) is 17.1. The molecule has 1 saturated heterocycles. The Morgan fingerprint density at radius 1 is 0.933 bits per heavy atom. The summed E-state index contributed by atoms with van der Waals surface area (Å²) in [6.07, 6.45) is 3.67. The van der Waals surface area contributed by atoms with E-state index in [0.29, 0.717) is 11.4 Å². The predicted molar refractivity (Wildman–Crippen MR) is 113 cm³/mol. The fourth-order valence-corrected chi connectivity index (χ4v) is 4.24. The van der Waals surface area contributed by atoms with Crippen molar-refractivity contribution in [1.29, 1.82) is 0 Å². The van der Waals surface area contributed by atoms with Gasteiger partial charge in [0.2, 0.25) is 17.7 Å². The Balaban J connectivity index is 1.28. The lowest BCUT2D eigenvalue weighted by molar-refractivity contribution is -0.140. The van der Waals surface area contributed by atoms with Gasteiger partial charge in [-0.05, 0) is 56.2 Å². The van der Waals surface area contributed by atoms with Crippen molar-refractivity contribution in [2.75, 3.05) is 11.9 Å². The molecule has 1 saturated carbocycles. The van der Waals surface area contributed by atoms with E-state index in [1.807, 2.05) is 31.2 Å². The number of hydrogen-bond acceptors (Lipinski definition) is 4. The molecule has 6 heteroatoms. The second kappa shape index (κ2) is 8.69. The Morgan fingerprint density at radius 2 is 1.47 bits per heavy atom. The van der Waals surface area contributed by atoms with Gasteiger partial charge in [0.05, 0.1) is 11.8 Å². The van der Waals surface area contributed by atoms with Gasteiger partial charge in [-0.1, -0.05) is 30.5 Å². The summed E-state index contributed by atoms with van der Waals surface area (Å²) in [4.78, 5) is 38.6. The molecule has 2 aromatic carbocycles. The third-order valence-corrected chi connectivity index (χ3v) is 5.89. The topological polar surface area (TPSA) is 75.7 Å². The minimum atomic E-state index is -0.224. The van der Waals surface area contributed by atoms with Crippen LogP contribution in [0.4, 0.5) is 5.69 Å². The maximum absolute atomic E-state index is 12.5. The quantitative estimate of drug-likeness (QED) is 0.726. The highest BCUT2D eigenvalue weighted by Crippen LogP contribution is 2.38. The third kappa shape index (κ3) is 4.37. The molecule has 156 valence electrons. The zero-order chi connectivity index (χ0) is 21.1. The predicted octanol–water partition coefficient (Wildman–Crippen LogP) is 4.29. The number of hydrogen-bond donors (Lipinski definition) is 1. The van der Waals surface area contributed by atoms with Crippen molar-refractivity contribution in [2.45, 2.75) is 39.0 Å². The molecule has 2 atom stereocenters. The van der Waals surface area contributed by atoms with Crippen molar-refractivity contribution >= 4 is 23.4 Å². The van der Waals surface area contributed by atoms with Crippen molar-refractivity contribution in [3.63, 3.8) is 0 Å². The number of rotatable bonds is 6. The molecule has 2 fully saturated rings. The molecule has 30 heavy (non-hydrogen) atoms. The minimum absolute atomic E-state index is 0.0958. The summed E-state index contributed by atoms with van der Waals surface area (Å²) in [7, 11) is 0. The first-order valence-electron chi connectivity index (χ1n) is 10.5. The SMILES string of the molecule is Cc1ccc(Oc2ccc(NC(=O)CCN3C(=O)C4CCCCC4C3=O)cc2)cc1. The average Bonchev–Trinajstić information content (AvgIpc) is 3.00. The van der Waals surface area contributed by atoms with Crippen molar-refractivity contribution in [3.05, 3.63) is 54.1 Å². The van der Waals surface area contributed by atoms with E-state index in [4.69, 9.17) is 4.74 Å². The summed E-state index contributed by atoms with van der Waals surface area (Å²) in [5.41, 5.74) is 1.81. The molecule has 6 nitrogen and oxygen atoms in total. The smallest absolute Gasteiger partial charge is 0.233 e. The molecule has 1 aliphatic carbocycles. The lowest BCUT2D eigenvalue weighted by Gasteiger charge is -2.19. The van der Waals surface area contributed by atoms with Crippen LogP contribution in [0, 0.1) is 18.8 Å². The van der Waals surface area contributed by atoms with Gasteiger partial charge in [0.15, 0.2) is 0 Å².